The summed E-state index contributed by atoms with van der Waals surface area (Å²) in [6.07, 6.45) is 0. The van der Waals surface area contributed by atoms with Crippen molar-refractivity contribution >= 4 is 31.5 Å². The first-order valence-electron chi connectivity index (χ1n) is 6.55. The van der Waals surface area contributed by atoms with Crippen molar-refractivity contribution in [2.24, 2.45) is 0 Å². The van der Waals surface area contributed by atoms with Crippen molar-refractivity contribution < 1.29 is 8.42 Å². The fraction of sp³-hybridized carbons (Fsp3) is 0.250. The van der Waals surface area contributed by atoms with Crippen LogP contribution in [0.2, 0.25) is 0 Å². The van der Waals surface area contributed by atoms with Crippen LogP contribution in [0.1, 0.15) is 22.3 Å². The van der Waals surface area contributed by atoms with Crippen LogP contribution in [0, 0.1) is 20.8 Å². The van der Waals surface area contributed by atoms with Crippen molar-refractivity contribution in [3.8, 4) is 0 Å². The standard InChI is InChI=1S/C16H18BrNO2S/c1-10-6-11(2)14(12(3)7-10)9-21(19,20)16-5-4-13(18)8-15(16)17/h4-8H,9,18H2,1-3H3. The van der Waals surface area contributed by atoms with E-state index < -0.39 is 9.84 Å². The van der Waals surface area contributed by atoms with E-state index in [-0.39, 0.29) is 10.6 Å². The zero-order valence-corrected chi connectivity index (χ0v) is 14.7. The fourth-order valence-electron chi connectivity index (χ4n) is 2.47. The van der Waals surface area contributed by atoms with E-state index in [1.807, 2.05) is 32.9 Å². The minimum Gasteiger partial charge on any atom is -0.399 e. The largest absolute Gasteiger partial charge is 0.399 e. The van der Waals surface area contributed by atoms with Gasteiger partial charge in [-0.25, -0.2) is 8.42 Å². The highest BCUT2D eigenvalue weighted by Gasteiger charge is 2.20. The molecule has 2 rings (SSSR count). The van der Waals surface area contributed by atoms with Crippen molar-refractivity contribution in [1.29, 1.82) is 0 Å². The number of halogens is 1. The summed E-state index contributed by atoms with van der Waals surface area (Å²) >= 11 is 3.29. The lowest BCUT2D eigenvalue weighted by Crippen LogP contribution is -2.09. The molecular weight excluding hydrogens is 350 g/mol. The van der Waals surface area contributed by atoms with E-state index in [0.717, 1.165) is 22.3 Å². The van der Waals surface area contributed by atoms with E-state index in [4.69, 9.17) is 5.73 Å². The molecule has 0 radical (unpaired) electrons. The van der Waals surface area contributed by atoms with Crippen LogP contribution in [-0.4, -0.2) is 8.42 Å². The lowest BCUT2D eigenvalue weighted by Gasteiger charge is -2.13. The van der Waals surface area contributed by atoms with E-state index in [1.165, 1.54) is 0 Å². The first-order valence-corrected chi connectivity index (χ1v) is 9.00. The van der Waals surface area contributed by atoms with Gasteiger partial charge >= 0.3 is 0 Å². The number of nitrogen functional groups attached to an aromatic ring is 1. The number of rotatable bonds is 3. The summed E-state index contributed by atoms with van der Waals surface area (Å²) < 4.78 is 25.8. The van der Waals surface area contributed by atoms with Gasteiger partial charge in [-0.05, 0) is 71.6 Å². The molecule has 112 valence electrons. The van der Waals surface area contributed by atoms with Crippen molar-refractivity contribution in [3.63, 3.8) is 0 Å². The molecule has 0 aliphatic rings. The Kier molecular flexibility index (Phi) is 4.44. The second-order valence-electron chi connectivity index (χ2n) is 5.33. The number of sulfone groups is 1. The van der Waals surface area contributed by atoms with Crippen LogP contribution in [0.5, 0.6) is 0 Å². The van der Waals surface area contributed by atoms with Gasteiger partial charge in [0.1, 0.15) is 0 Å². The Hall–Kier alpha value is -1.33. The zero-order chi connectivity index (χ0) is 15.8. The highest BCUT2D eigenvalue weighted by molar-refractivity contribution is 9.10. The van der Waals surface area contributed by atoms with E-state index in [2.05, 4.69) is 15.9 Å². The molecule has 0 fully saturated rings. The predicted molar refractivity (Wildman–Crippen MR) is 90.1 cm³/mol. The molecule has 0 atom stereocenters. The quantitative estimate of drug-likeness (QED) is 0.835. The molecule has 0 aliphatic heterocycles. The average Bonchev–Trinajstić information content (AvgIpc) is 2.33. The molecule has 0 amide bonds. The summed E-state index contributed by atoms with van der Waals surface area (Å²) in [5.74, 6) is -0.00648. The van der Waals surface area contributed by atoms with E-state index >= 15 is 0 Å². The Balaban J connectivity index is 2.47. The van der Waals surface area contributed by atoms with Gasteiger partial charge in [0.2, 0.25) is 0 Å². The molecular formula is C16H18BrNO2S. The van der Waals surface area contributed by atoms with Gasteiger partial charge in [0.25, 0.3) is 0 Å². The molecule has 5 heteroatoms. The van der Waals surface area contributed by atoms with Crippen LogP contribution in [0.15, 0.2) is 39.7 Å². The molecule has 0 heterocycles. The summed E-state index contributed by atoms with van der Waals surface area (Å²) in [5.41, 5.74) is 10.2. The third kappa shape index (κ3) is 3.47. The molecule has 0 saturated heterocycles. The van der Waals surface area contributed by atoms with Gasteiger partial charge in [-0.15, -0.1) is 0 Å². The normalized spacial score (nSPS) is 11.6. The van der Waals surface area contributed by atoms with Crippen molar-refractivity contribution in [1.82, 2.24) is 0 Å². The average molecular weight is 368 g/mol. The summed E-state index contributed by atoms with van der Waals surface area (Å²) in [4.78, 5) is 0.274. The van der Waals surface area contributed by atoms with Crippen molar-refractivity contribution in [2.75, 3.05) is 5.73 Å². The molecule has 3 nitrogen and oxygen atoms in total. The minimum atomic E-state index is -3.42. The van der Waals surface area contributed by atoms with E-state index in [9.17, 15) is 8.42 Å². The minimum absolute atomic E-state index is 0.00648. The Morgan fingerprint density at radius 3 is 2.14 bits per heavy atom. The Morgan fingerprint density at radius 2 is 1.62 bits per heavy atom. The molecule has 2 N–H and O–H groups in total. The van der Waals surface area contributed by atoms with Crippen LogP contribution in [0.25, 0.3) is 0 Å². The molecule has 2 aromatic carbocycles. The maximum absolute atomic E-state index is 12.7. The highest BCUT2D eigenvalue weighted by Crippen LogP contribution is 2.29. The lowest BCUT2D eigenvalue weighted by molar-refractivity contribution is 0.594. The number of anilines is 1. The second kappa shape index (κ2) is 5.81. The van der Waals surface area contributed by atoms with Gasteiger partial charge < -0.3 is 5.73 Å². The van der Waals surface area contributed by atoms with Crippen LogP contribution < -0.4 is 5.73 Å². The third-order valence-electron chi connectivity index (χ3n) is 3.47. The molecule has 0 aliphatic carbocycles. The number of aryl methyl sites for hydroxylation is 3. The van der Waals surface area contributed by atoms with Gasteiger partial charge in [-0.2, -0.15) is 0 Å². The number of hydrogen-bond acceptors (Lipinski definition) is 3. The maximum atomic E-state index is 12.7. The zero-order valence-electron chi connectivity index (χ0n) is 12.3. The maximum Gasteiger partial charge on any atom is 0.183 e. The number of benzene rings is 2. The van der Waals surface area contributed by atoms with E-state index in [0.29, 0.717) is 10.2 Å². The molecule has 2 aromatic rings. The third-order valence-corrected chi connectivity index (χ3v) is 6.08. The van der Waals surface area contributed by atoms with Gasteiger partial charge in [0, 0.05) is 10.2 Å². The van der Waals surface area contributed by atoms with Crippen LogP contribution in [-0.2, 0) is 15.6 Å². The lowest BCUT2D eigenvalue weighted by atomic mass is 10.0. The SMILES string of the molecule is Cc1cc(C)c(CS(=O)(=O)c2ccc(N)cc2Br)c(C)c1. The fourth-order valence-corrected chi connectivity index (χ4v) is 5.23. The van der Waals surface area contributed by atoms with Crippen LogP contribution in [0.4, 0.5) is 5.69 Å². The highest BCUT2D eigenvalue weighted by atomic mass is 79.9. The Labute approximate surface area is 134 Å². The molecule has 0 bridgehead atoms. The van der Waals surface area contributed by atoms with Gasteiger partial charge in [0.05, 0.1) is 10.6 Å². The number of nitrogens with two attached hydrogens (primary N) is 1. The molecule has 0 unspecified atom stereocenters. The van der Waals surface area contributed by atoms with Gasteiger partial charge in [-0.1, -0.05) is 17.7 Å². The molecule has 0 saturated carbocycles. The summed E-state index contributed by atoms with van der Waals surface area (Å²) in [6.45, 7) is 5.90. The Bertz CT molecular complexity index is 775. The predicted octanol–water partition coefficient (Wildman–Crippen LogP) is 3.93. The smallest absolute Gasteiger partial charge is 0.183 e. The summed E-state index contributed by atoms with van der Waals surface area (Å²) in [7, 11) is -3.42. The van der Waals surface area contributed by atoms with Crippen molar-refractivity contribution in [3.05, 3.63) is 57.1 Å². The van der Waals surface area contributed by atoms with Crippen LogP contribution in [0.3, 0.4) is 0 Å². The van der Waals surface area contributed by atoms with E-state index in [1.54, 1.807) is 18.2 Å². The first kappa shape index (κ1) is 16.0. The summed E-state index contributed by atoms with van der Waals surface area (Å²) in [5, 5.41) is 0. The topological polar surface area (TPSA) is 60.2 Å². The molecule has 0 aromatic heterocycles. The van der Waals surface area contributed by atoms with Gasteiger partial charge in [-0.3, -0.25) is 0 Å². The van der Waals surface area contributed by atoms with Gasteiger partial charge in [0.15, 0.2) is 9.84 Å². The number of hydrogen-bond donors (Lipinski definition) is 1. The monoisotopic (exact) mass is 367 g/mol. The molecule has 0 spiro atoms. The molecule has 21 heavy (non-hydrogen) atoms. The summed E-state index contributed by atoms with van der Waals surface area (Å²) in [6, 6.07) is 8.79. The van der Waals surface area contributed by atoms with Crippen molar-refractivity contribution in [2.45, 2.75) is 31.4 Å². The second-order valence-corrected chi connectivity index (χ2v) is 8.14. The van der Waals surface area contributed by atoms with Crippen LogP contribution >= 0.6 is 15.9 Å². The first-order chi connectivity index (χ1) is 9.70. The Morgan fingerprint density at radius 1 is 1.05 bits per heavy atom.